The second kappa shape index (κ2) is 7.62. The van der Waals surface area contributed by atoms with Crippen LogP contribution < -0.4 is 4.18 Å². The summed E-state index contributed by atoms with van der Waals surface area (Å²) < 4.78 is 36.1. The number of allylic oxidation sites excluding steroid dienone is 1. The predicted molar refractivity (Wildman–Crippen MR) is 108 cm³/mol. The highest BCUT2D eigenvalue weighted by atomic mass is 32.2. The van der Waals surface area contributed by atoms with Crippen molar-refractivity contribution in [3.05, 3.63) is 90.3 Å². The first-order valence-electron chi connectivity index (χ1n) is 8.63. The number of hydrogen-bond acceptors (Lipinski definition) is 6. The Balaban J connectivity index is 1.73. The summed E-state index contributed by atoms with van der Waals surface area (Å²) in [6.07, 6.45) is 1.49. The summed E-state index contributed by atoms with van der Waals surface area (Å²) in [4.78, 5) is 4.36. The summed E-state index contributed by atoms with van der Waals surface area (Å²) in [6, 6.07) is 23.6. The summed E-state index contributed by atoms with van der Waals surface area (Å²) in [5, 5.41) is 9.59. The van der Waals surface area contributed by atoms with Crippen molar-refractivity contribution in [1.82, 2.24) is 4.98 Å². The quantitative estimate of drug-likeness (QED) is 0.356. The summed E-state index contributed by atoms with van der Waals surface area (Å²) in [5.41, 5.74) is 1.74. The Morgan fingerprint density at radius 2 is 1.66 bits per heavy atom. The van der Waals surface area contributed by atoms with E-state index in [0.717, 1.165) is 0 Å². The largest absolute Gasteiger partial charge is 0.435 e. The number of para-hydroxylation sites is 3. The van der Waals surface area contributed by atoms with Gasteiger partial charge >= 0.3 is 10.1 Å². The zero-order valence-corrected chi connectivity index (χ0v) is 15.8. The molecule has 0 unspecified atom stereocenters. The number of nitriles is 1. The van der Waals surface area contributed by atoms with Crippen molar-refractivity contribution in [3.8, 4) is 11.8 Å². The lowest BCUT2D eigenvalue weighted by Crippen LogP contribution is -2.10. The molecule has 6 nitrogen and oxygen atoms in total. The van der Waals surface area contributed by atoms with Gasteiger partial charge in [-0.15, -0.1) is 0 Å². The molecule has 0 radical (unpaired) electrons. The molecule has 0 saturated carbocycles. The van der Waals surface area contributed by atoms with Crippen molar-refractivity contribution in [1.29, 1.82) is 5.26 Å². The van der Waals surface area contributed by atoms with E-state index < -0.39 is 10.1 Å². The standard InChI is InChI=1S/C22H14N2O4S/c23-15-17(22-24-19-11-5-7-13-21(19)27-22)14-16-8-4-6-12-20(16)28-29(25,26)18-9-2-1-3-10-18/h1-14H/b17-14+. The minimum atomic E-state index is -4.01. The molecule has 3 aromatic carbocycles. The van der Waals surface area contributed by atoms with E-state index in [9.17, 15) is 13.7 Å². The molecule has 1 heterocycles. The van der Waals surface area contributed by atoms with Gasteiger partial charge in [0.15, 0.2) is 5.58 Å². The molecule has 7 heteroatoms. The summed E-state index contributed by atoms with van der Waals surface area (Å²) in [7, 11) is -4.01. The van der Waals surface area contributed by atoms with Crippen molar-refractivity contribution < 1.29 is 17.0 Å². The number of fused-ring (bicyclic) bond motifs is 1. The molecule has 0 saturated heterocycles. The topological polar surface area (TPSA) is 93.2 Å². The Bertz CT molecular complexity index is 1320. The molecule has 1 aromatic heterocycles. The Morgan fingerprint density at radius 1 is 0.966 bits per heavy atom. The van der Waals surface area contributed by atoms with Gasteiger partial charge in [0.1, 0.15) is 27.8 Å². The predicted octanol–water partition coefficient (Wildman–Crippen LogP) is 4.66. The maximum absolute atomic E-state index is 12.6. The molecule has 29 heavy (non-hydrogen) atoms. The fourth-order valence-electron chi connectivity index (χ4n) is 2.71. The van der Waals surface area contributed by atoms with E-state index in [1.807, 2.05) is 18.2 Å². The van der Waals surface area contributed by atoms with Crippen LogP contribution >= 0.6 is 0 Å². The van der Waals surface area contributed by atoms with E-state index in [0.29, 0.717) is 16.7 Å². The lowest BCUT2D eigenvalue weighted by molar-refractivity contribution is 0.485. The molecule has 0 N–H and O–H groups in total. The number of hydrogen-bond donors (Lipinski definition) is 0. The summed E-state index contributed by atoms with van der Waals surface area (Å²) in [6.45, 7) is 0. The number of nitrogens with zero attached hydrogens (tertiary/aromatic N) is 2. The van der Waals surface area contributed by atoms with Crippen molar-refractivity contribution in [2.75, 3.05) is 0 Å². The van der Waals surface area contributed by atoms with Crippen LogP contribution in [0, 0.1) is 11.3 Å². The molecular formula is C22H14N2O4S. The van der Waals surface area contributed by atoms with E-state index in [-0.39, 0.29) is 22.1 Å². The van der Waals surface area contributed by atoms with Crippen molar-refractivity contribution in [3.63, 3.8) is 0 Å². The van der Waals surface area contributed by atoms with E-state index in [2.05, 4.69) is 4.98 Å². The summed E-state index contributed by atoms with van der Waals surface area (Å²) in [5.74, 6) is 0.245. The highest BCUT2D eigenvalue weighted by Crippen LogP contribution is 2.28. The highest BCUT2D eigenvalue weighted by molar-refractivity contribution is 7.87. The third-order valence-corrected chi connectivity index (χ3v) is 5.34. The van der Waals surface area contributed by atoms with E-state index >= 15 is 0 Å². The zero-order valence-electron chi connectivity index (χ0n) is 15.0. The van der Waals surface area contributed by atoms with Crippen LogP contribution in [0.1, 0.15) is 11.5 Å². The Kier molecular flexibility index (Phi) is 4.85. The average molecular weight is 402 g/mol. The Labute approximate surface area is 167 Å². The minimum Gasteiger partial charge on any atom is -0.435 e. The van der Waals surface area contributed by atoms with Crippen LogP contribution in [0.3, 0.4) is 0 Å². The molecule has 0 aliphatic carbocycles. The van der Waals surface area contributed by atoms with Gasteiger partial charge in [-0.1, -0.05) is 48.5 Å². The molecular weight excluding hydrogens is 388 g/mol. The van der Waals surface area contributed by atoms with Crippen LogP contribution in [-0.4, -0.2) is 13.4 Å². The minimum absolute atomic E-state index is 0.0400. The molecule has 4 rings (SSSR count). The maximum Gasteiger partial charge on any atom is 0.339 e. The first kappa shape index (κ1) is 18.5. The van der Waals surface area contributed by atoms with Gasteiger partial charge in [-0.3, -0.25) is 0 Å². The average Bonchev–Trinajstić information content (AvgIpc) is 3.17. The van der Waals surface area contributed by atoms with Crippen molar-refractivity contribution >= 4 is 32.9 Å². The SMILES string of the molecule is N#C/C(=C\c1ccccc1OS(=O)(=O)c1ccccc1)c1nc2ccccc2o1. The molecule has 0 aliphatic rings. The van der Waals surface area contributed by atoms with Gasteiger partial charge in [0.05, 0.1) is 0 Å². The van der Waals surface area contributed by atoms with E-state index in [1.54, 1.807) is 48.5 Å². The number of oxazole rings is 1. The van der Waals surface area contributed by atoms with Crippen LogP contribution in [0.2, 0.25) is 0 Å². The van der Waals surface area contributed by atoms with Gasteiger partial charge in [0, 0.05) is 5.56 Å². The first-order valence-corrected chi connectivity index (χ1v) is 10.0. The normalized spacial score (nSPS) is 11.9. The zero-order chi connectivity index (χ0) is 20.3. The fourth-order valence-corrected chi connectivity index (χ4v) is 3.69. The van der Waals surface area contributed by atoms with Gasteiger partial charge in [-0.25, -0.2) is 4.98 Å². The molecule has 0 atom stereocenters. The molecule has 0 fully saturated rings. The smallest absolute Gasteiger partial charge is 0.339 e. The Hall–Kier alpha value is -3.89. The van der Waals surface area contributed by atoms with Crippen LogP contribution in [0.25, 0.3) is 22.7 Å². The van der Waals surface area contributed by atoms with Crippen LogP contribution in [-0.2, 0) is 10.1 Å². The van der Waals surface area contributed by atoms with Crippen LogP contribution in [0.15, 0.2) is 88.2 Å². The van der Waals surface area contributed by atoms with Crippen LogP contribution in [0.5, 0.6) is 5.75 Å². The molecule has 0 amide bonds. The van der Waals surface area contributed by atoms with Crippen LogP contribution in [0.4, 0.5) is 0 Å². The van der Waals surface area contributed by atoms with Gasteiger partial charge in [-0.05, 0) is 36.4 Å². The fraction of sp³-hybridized carbons (Fsp3) is 0. The van der Waals surface area contributed by atoms with E-state index in [1.165, 1.54) is 24.3 Å². The highest BCUT2D eigenvalue weighted by Gasteiger charge is 2.18. The van der Waals surface area contributed by atoms with Gasteiger partial charge in [-0.2, -0.15) is 13.7 Å². The molecule has 0 aliphatic heterocycles. The third-order valence-electron chi connectivity index (χ3n) is 4.09. The maximum atomic E-state index is 12.6. The van der Waals surface area contributed by atoms with Crippen molar-refractivity contribution in [2.24, 2.45) is 0 Å². The molecule has 0 bridgehead atoms. The van der Waals surface area contributed by atoms with Gasteiger partial charge < -0.3 is 8.60 Å². The second-order valence-corrected chi connectivity index (χ2v) is 7.59. The summed E-state index contributed by atoms with van der Waals surface area (Å²) >= 11 is 0. The van der Waals surface area contributed by atoms with Crippen molar-refractivity contribution in [2.45, 2.75) is 4.90 Å². The lowest BCUT2D eigenvalue weighted by Gasteiger charge is -2.09. The third kappa shape index (κ3) is 3.88. The Morgan fingerprint density at radius 3 is 2.41 bits per heavy atom. The molecule has 0 spiro atoms. The number of rotatable bonds is 5. The van der Waals surface area contributed by atoms with Gasteiger partial charge in [0.25, 0.3) is 0 Å². The van der Waals surface area contributed by atoms with Gasteiger partial charge in [0.2, 0.25) is 5.89 Å². The molecule has 4 aromatic rings. The first-order chi connectivity index (χ1) is 14.1. The number of benzene rings is 3. The number of aromatic nitrogens is 1. The second-order valence-electron chi connectivity index (χ2n) is 6.04. The molecule has 142 valence electrons. The monoisotopic (exact) mass is 402 g/mol. The lowest BCUT2D eigenvalue weighted by atomic mass is 10.1. The van der Waals surface area contributed by atoms with E-state index in [4.69, 9.17) is 8.60 Å².